The summed E-state index contributed by atoms with van der Waals surface area (Å²) >= 11 is 0. The molecule has 2 aromatic heterocycles. The minimum atomic E-state index is -0.456. The van der Waals surface area contributed by atoms with Crippen molar-refractivity contribution in [3.8, 4) is 5.88 Å². The normalized spacial score (nSPS) is 13.5. The molecule has 0 saturated heterocycles. The molecule has 0 unspecified atom stereocenters. The van der Waals surface area contributed by atoms with Crippen LogP contribution in [-0.4, -0.2) is 40.7 Å². The van der Waals surface area contributed by atoms with E-state index in [1.54, 1.807) is 17.7 Å². The lowest BCUT2D eigenvalue weighted by molar-refractivity contribution is 0.0592. The quantitative estimate of drug-likeness (QED) is 0.400. The Morgan fingerprint density at radius 1 is 1.03 bits per heavy atom. The molecular formula is C27H39N3O4. The summed E-state index contributed by atoms with van der Waals surface area (Å²) < 4.78 is 17.2. The predicted molar refractivity (Wildman–Crippen MR) is 134 cm³/mol. The zero-order chi connectivity index (χ0) is 24.9. The molecule has 1 aromatic carbocycles. The Morgan fingerprint density at radius 2 is 1.71 bits per heavy atom. The topological polar surface area (TPSA) is 75.0 Å². The van der Waals surface area contributed by atoms with Gasteiger partial charge >= 0.3 is 5.97 Å². The molecule has 1 aliphatic carbocycles. The third-order valence-corrected chi connectivity index (χ3v) is 5.36. The number of aromatic nitrogens is 3. The van der Waals surface area contributed by atoms with Crippen molar-refractivity contribution in [1.29, 1.82) is 0 Å². The third-order valence-electron chi connectivity index (χ3n) is 5.36. The molecule has 4 rings (SSSR count). The van der Waals surface area contributed by atoms with Crippen LogP contribution < -0.4 is 4.74 Å². The van der Waals surface area contributed by atoms with Gasteiger partial charge in [0.25, 0.3) is 0 Å². The van der Waals surface area contributed by atoms with Gasteiger partial charge in [0.15, 0.2) is 0 Å². The average molecular weight is 470 g/mol. The van der Waals surface area contributed by atoms with E-state index < -0.39 is 5.97 Å². The van der Waals surface area contributed by atoms with Crippen LogP contribution in [0.5, 0.6) is 5.88 Å². The van der Waals surface area contributed by atoms with E-state index in [4.69, 9.17) is 14.2 Å². The van der Waals surface area contributed by atoms with Gasteiger partial charge in [-0.3, -0.25) is 4.40 Å². The fourth-order valence-electron chi connectivity index (χ4n) is 3.82. The van der Waals surface area contributed by atoms with E-state index in [9.17, 15) is 4.79 Å². The van der Waals surface area contributed by atoms with Gasteiger partial charge in [-0.25, -0.2) is 9.78 Å². The number of imidazole rings is 1. The molecule has 0 aliphatic heterocycles. The molecule has 0 atom stereocenters. The van der Waals surface area contributed by atoms with Gasteiger partial charge < -0.3 is 14.2 Å². The van der Waals surface area contributed by atoms with Crippen LogP contribution in [0.25, 0.3) is 5.78 Å². The molecule has 3 aromatic rings. The van der Waals surface area contributed by atoms with Gasteiger partial charge in [-0.15, -0.1) is 0 Å². The molecule has 1 aliphatic rings. The second kappa shape index (κ2) is 14.4. The van der Waals surface area contributed by atoms with Crippen LogP contribution in [0.3, 0.4) is 0 Å². The van der Waals surface area contributed by atoms with E-state index >= 15 is 0 Å². The number of carbonyl (C=O) groups excluding carboxylic acids is 1. The number of ether oxygens (including phenoxy) is 3. The lowest BCUT2D eigenvalue weighted by Gasteiger charge is -2.19. The fraction of sp³-hybridized carbons (Fsp3) is 0.519. The van der Waals surface area contributed by atoms with Gasteiger partial charge in [-0.05, 0) is 32.3 Å². The average Bonchev–Trinajstić information content (AvgIpc) is 3.29. The molecule has 0 bridgehead atoms. The van der Waals surface area contributed by atoms with Crippen molar-refractivity contribution in [2.75, 3.05) is 14.2 Å². The molecule has 186 valence electrons. The molecule has 0 radical (unpaired) electrons. The van der Waals surface area contributed by atoms with Crippen molar-refractivity contribution in [2.24, 2.45) is 0 Å². The molecule has 7 nitrogen and oxygen atoms in total. The Bertz CT molecular complexity index is 996. The second-order valence-electron chi connectivity index (χ2n) is 8.24. The maximum absolute atomic E-state index is 12.0. The van der Waals surface area contributed by atoms with Crippen LogP contribution in [0.2, 0.25) is 0 Å². The highest BCUT2D eigenvalue weighted by Crippen LogP contribution is 2.32. The number of rotatable bonds is 6. The van der Waals surface area contributed by atoms with Gasteiger partial charge in [0.05, 0.1) is 25.5 Å². The number of carbonyl (C=O) groups is 1. The largest absolute Gasteiger partial charge is 0.474 e. The van der Waals surface area contributed by atoms with Gasteiger partial charge in [0, 0.05) is 25.4 Å². The van der Waals surface area contributed by atoms with Gasteiger partial charge in [-0.2, -0.15) is 4.98 Å². The minimum absolute atomic E-state index is 0.0823. The number of nitrogens with zero attached hydrogens (tertiary/aromatic N) is 3. The van der Waals surface area contributed by atoms with Crippen LogP contribution >= 0.6 is 0 Å². The Kier molecular flexibility index (Phi) is 11.5. The lowest BCUT2D eigenvalue weighted by atomic mass is 9.87. The number of hydrogen-bond acceptors (Lipinski definition) is 6. The zero-order valence-corrected chi connectivity index (χ0v) is 21.4. The first-order valence-electron chi connectivity index (χ1n) is 12.2. The van der Waals surface area contributed by atoms with Crippen molar-refractivity contribution in [1.82, 2.24) is 14.4 Å². The molecule has 0 spiro atoms. The van der Waals surface area contributed by atoms with E-state index in [1.165, 1.54) is 44.8 Å². The molecule has 34 heavy (non-hydrogen) atoms. The maximum Gasteiger partial charge on any atom is 0.344 e. The number of methoxy groups -OCH3 is 2. The molecular weight excluding hydrogens is 430 g/mol. The van der Waals surface area contributed by atoms with Crippen LogP contribution in [0, 0.1) is 0 Å². The molecule has 2 heterocycles. The van der Waals surface area contributed by atoms with E-state index in [2.05, 4.69) is 9.97 Å². The van der Waals surface area contributed by atoms with Crippen LogP contribution in [0.1, 0.15) is 87.3 Å². The van der Waals surface area contributed by atoms with Crippen molar-refractivity contribution < 1.29 is 19.0 Å². The first-order chi connectivity index (χ1) is 16.5. The third kappa shape index (κ3) is 7.83. The summed E-state index contributed by atoms with van der Waals surface area (Å²) in [5, 5.41) is 0. The Hall–Kier alpha value is -2.93. The summed E-state index contributed by atoms with van der Waals surface area (Å²) in [5.41, 5.74) is 2.59. The minimum Gasteiger partial charge on any atom is -0.474 e. The summed E-state index contributed by atoms with van der Waals surface area (Å²) in [6.45, 7) is 8.50. The van der Waals surface area contributed by atoms with Crippen molar-refractivity contribution in [3.63, 3.8) is 0 Å². The Morgan fingerprint density at radius 3 is 2.29 bits per heavy atom. The molecule has 1 fully saturated rings. The zero-order valence-electron chi connectivity index (χ0n) is 21.4. The van der Waals surface area contributed by atoms with E-state index in [1.807, 2.05) is 64.2 Å². The van der Waals surface area contributed by atoms with Crippen molar-refractivity contribution in [3.05, 3.63) is 59.5 Å². The monoisotopic (exact) mass is 469 g/mol. The number of hydrogen-bond donors (Lipinski definition) is 0. The van der Waals surface area contributed by atoms with Crippen LogP contribution in [0.4, 0.5) is 0 Å². The standard InChI is InChI=1S/C17H23N3O3.C8H10O.C2H6/c1-11(2)23-15-13(16(21)22-3)9-20-10-14(18-17(20)19-15)12-7-5-4-6-8-12;1-9-7-8-5-3-2-4-6-8;1-2/h9-12H,4-8H2,1-3H3;2-6H,7H2,1H3;1-2H3. The smallest absolute Gasteiger partial charge is 0.344 e. The van der Waals surface area contributed by atoms with Gasteiger partial charge in [0.2, 0.25) is 11.7 Å². The van der Waals surface area contributed by atoms with Crippen LogP contribution in [0.15, 0.2) is 42.7 Å². The molecule has 1 saturated carbocycles. The highest BCUT2D eigenvalue weighted by Gasteiger charge is 2.22. The fourth-order valence-corrected chi connectivity index (χ4v) is 3.82. The summed E-state index contributed by atoms with van der Waals surface area (Å²) in [6, 6.07) is 10.1. The molecule has 7 heteroatoms. The number of benzene rings is 1. The predicted octanol–water partition coefficient (Wildman–Crippen LogP) is 6.21. The highest BCUT2D eigenvalue weighted by atomic mass is 16.5. The SMILES string of the molecule is CC.COC(=O)c1cn2cc(C3CCCCC3)nc2nc1OC(C)C.COCc1ccccc1. The highest BCUT2D eigenvalue weighted by molar-refractivity contribution is 5.91. The Labute approximate surface area is 203 Å². The van der Waals surface area contributed by atoms with E-state index in [-0.39, 0.29) is 12.0 Å². The first-order valence-corrected chi connectivity index (χ1v) is 12.2. The summed E-state index contributed by atoms with van der Waals surface area (Å²) in [5.74, 6) is 0.874. The second-order valence-corrected chi connectivity index (χ2v) is 8.24. The van der Waals surface area contributed by atoms with Crippen LogP contribution in [-0.2, 0) is 16.1 Å². The molecule has 0 amide bonds. The van der Waals surface area contributed by atoms with Crippen molar-refractivity contribution in [2.45, 2.75) is 78.4 Å². The molecule has 0 N–H and O–H groups in total. The maximum atomic E-state index is 12.0. The number of fused-ring (bicyclic) bond motifs is 1. The van der Waals surface area contributed by atoms with Gasteiger partial charge in [0.1, 0.15) is 5.56 Å². The van der Waals surface area contributed by atoms with Gasteiger partial charge in [-0.1, -0.05) is 63.4 Å². The van der Waals surface area contributed by atoms with E-state index in [0.717, 1.165) is 5.69 Å². The summed E-state index contributed by atoms with van der Waals surface area (Å²) in [4.78, 5) is 21.1. The summed E-state index contributed by atoms with van der Waals surface area (Å²) in [7, 11) is 3.06. The first kappa shape index (κ1) is 27.3. The Balaban J connectivity index is 0.000000311. The summed E-state index contributed by atoms with van der Waals surface area (Å²) in [6.07, 6.45) is 9.74. The van der Waals surface area contributed by atoms with E-state index in [0.29, 0.717) is 23.9 Å². The lowest BCUT2D eigenvalue weighted by Crippen LogP contribution is -2.13. The van der Waals surface area contributed by atoms with Crippen molar-refractivity contribution >= 4 is 11.7 Å². The number of esters is 1.